The summed E-state index contributed by atoms with van der Waals surface area (Å²) in [6.07, 6.45) is 3.13. The number of carbonyl (C=O) groups excluding carboxylic acids is 1. The second-order valence-corrected chi connectivity index (χ2v) is 5.42. The van der Waals surface area contributed by atoms with Crippen molar-refractivity contribution < 1.29 is 15.0 Å². The molecule has 0 aromatic heterocycles. The van der Waals surface area contributed by atoms with E-state index in [1.165, 1.54) is 18.2 Å². The first kappa shape index (κ1) is 16.3. The van der Waals surface area contributed by atoms with Crippen LogP contribution in [0.2, 0.25) is 0 Å². The highest BCUT2D eigenvalue weighted by Crippen LogP contribution is 2.22. The highest BCUT2D eigenvalue weighted by atomic mass is 16.3. The van der Waals surface area contributed by atoms with Gasteiger partial charge < -0.3 is 20.8 Å². The smallest absolute Gasteiger partial charge is 0.204 e. The van der Waals surface area contributed by atoms with Crippen molar-refractivity contribution in [3.63, 3.8) is 0 Å². The van der Waals surface area contributed by atoms with Gasteiger partial charge in [0, 0.05) is 18.8 Å². The SMILES string of the molecule is CNC1=CC(=O)C(Nc2ccc(O)cc2)=C/C1=N/c1ccc(O)cc1. The van der Waals surface area contributed by atoms with Gasteiger partial charge in [-0.15, -0.1) is 0 Å². The number of anilines is 1. The van der Waals surface area contributed by atoms with Gasteiger partial charge in [-0.1, -0.05) is 0 Å². The number of carbonyl (C=O) groups is 1. The summed E-state index contributed by atoms with van der Waals surface area (Å²) in [4.78, 5) is 16.8. The molecule has 25 heavy (non-hydrogen) atoms. The molecule has 0 radical (unpaired) electrons. The van der Waals surface area contributed by atoms with Gasteiger partial charge in [0.25, 0.3) is 0 Å². The highest BCUT2D eigenvalue weighted by molar-refractivity contribution is 6.23. The Hall–Kier alpha value is -3.54. The molecule has 6 heteroatoms. The summed E-state index contributed by atoms with van der Waals surface area (Å²) < 4.78 is 0. The number of aromatic hydroxyl groups is 2. The lowest BCUT2D eigenvalue weighted by Crippen LogP contribution is -2.24. The van der Waals surface area contributed by atoms with Crippen LogP contribution in [0.5, 0.6) is 11.5 Å². The molecule has 2 aromatic carbocycles. The quantitative estimate of drug-likeness (QED) is 0.509. The number of benzene rings is 2. The van der Waals surface area contributed by atoms with Crippen LogP contribution in [0.4, 0.5) is 11.4 Å². The van der Waals surface area contributed by atoms with E-state index in [-0.39, 0.29) is 17.3 Å². The van der Waals surface area contributed by atoms with Crippen molar-refractivity contribution in [3.8, 4) is 11.5 Å². The molecule has 0 atom stereocenters. The van der Waals surface area contributed by atoms with Crippen molar-refractivity contribution >= 4 is 22.9 Å². The van der Waals surface area contributed by atoms with Crippen molar-refractivity contribution in [3.05, 3.63) is 72.1 Å². The maximum atomic E-state index is 12.3. The fourth-order valence-electron chi connectivity index (χ4n) is 2.33. The van der Waals surface area contributed by atoms with Crippen LogP contribution in [0.1, 0.15) is 0 Å². The third kappa shape index (κ3) is 3.87. The molecule has 2 aromatic rings. The molecule has 1 aliphatic rings. The minimum Gasteiger partial charge on any atom is -0.508 e. The maximum Gasteiger partial charge on any atom is 0.204 e. The molecule has 0 spiro atoms. The molecule has 0 heterocycles. The number of allylic oxidation sites excluding steroid dienone is 2. The lowest BCUT2D eigenvalue weighted by molar-refractivity contribution is -0.111. The minimum absolute atomic E-state index is 0.154. The third-order valence-corrected chi connectivity index (χ3v) is 3.61. The Morgan fingerprint density at radius 3 is 2.04 bits per heavy atom. The standard InChI is InChI=1S/C19H17N3O3/c1-20-16-11-19(25)18(22-13-4-8-15(24)9-5-13)10-17(16)21-12-2-6-14(23)7-3-12/h2-11,20,22-24H,1H3/b21-17-. The van der Waals surface area contributed by atoms with Crippen LogP contribution in [0.15, 0.2) is 77.1 Å². The summed E-state index contributed by atoms with van der Waals surface area (Å²) in [6.45, 7) is 0. The fraction of sp³-hybridized carbons (Fsp3) is 0.0526. The Bertz CT molecular complexity index is 879. The molecule has 3 rings (SSSR count). The number of rotatable bonds is 4. The first-order valence-electron chi connectivity index (χ1n) is 7.65. The summed E-state index contributed by atoms with van der Waals surface area (Å²) in [5.74, 6) is 0.140. The number of aliphatic imine (C=N–C) groups is 1. The number of hydrogen-bond acceptors (Lipinski definition) is 6. The van der Waals surface area contributed by atoms with Crippen LogP contribution in [0.3, 0.4) is 0 Å². The Labute approximate surface area is 144 Å². The van der Waals surface area contributed by atoms with Crippen molar-refractivity contribution in [1.29, 1.82) is 0 Å². The number of nitrogens with zero attached hydrogens (tertiary/aromatic N) is 1. The second kappa shape index (κ2) is 6.92. The normalized spacial score (nSPS) is 15.6. The average Bonchev–Trinajstić information content (AvgIpc) is 2.61. The first-order valence-corrected chi connectivity index (χ1v) is 7.65. The Balaban J connectivity index is 1.92. The average molecular weight is 335 g/mol. The number of nitrogens with one attached hydrogen (secondary N) is 2. The molecule has 0 bridgehead atoms. The number of phenols is 2. The third-order valence-electron chi connectivity index (χ3n) is 3.61. The molecule has 1 aliphatic carbocycles. The lowest BCUT2D eigenvalue weighted by atomic mass is 10.0. The topological polar surface area (TPSA) is 94.0 Å². The summed E-state index contributed by atoms with van der Waals surface area (Å²) in [7, 11) is 1.72. The minimum atomic E-state index is -0.179. The van der Waals surface area contributed by atoms with Gasteiger partial charge in [0.1, 0.15) is 11.5 Å². The number of ketones is 1. The molecule has 4 N–H and O–H groups in total. The van der Waals surface area contributed by atoms with Gasteiger partial charge in [0.15, 0.2) is 0 Å². The molecule has 0 fully saturated rings. The summed E-state index contributed by atoms with van der Waals surface area (Å²) in [5.41, 5.74) is 2.91. The van der Waals surface area contributed by atoms with E-state index in [0.29, 0.717) is 28.5 Å². The summed E-state index contributed by atoms with van der Waals surface area (Å²) in [5, 5.41) is 24.7. The molecule has 6 nitrogen and oxygen atoms in total. The number of hydrogen-bond donors (Lipinski definition) is 4. The largest absolute Gasteiger partial charge is 0.508 e. The Morgan fingerprint density at radius 1 is 0.840 bits per heavy atom. The zero-order chi connectivity index (χ0) is 17.8. The van der Waals surface area contributed by atoms with Gasteiger partial charge in [-0.05, 0) is 54.6 Å². The van der Waals surface area contributed by atoms with Gasteiger partial charge in [0.2, 0.25) is 5.78 Å². The molecule has 0 saturated heterocycles. The van der Waals surface area contributed by atoms with E-state index in [4.69, 9.17) is 0 Å². The van der Waals surface area contributed by atoms with E-state index < -0.39 is 0 Å². The molecule has 0 amide bonds. The van der Waals surface area contributed by atoms with E-state index in [9.17, 15) is 15.0 Å². The van der Waals surface area contributed by atoms with Crippen LogP contribution in [-0.2, 0) is 4.79 Å². The summed E-state index contributed by atoms with van der Waals surface area (Å²) in [6, 6.07) is 12.9. The Kier molecular flexibility index (Phi) is 4.52. The van der Waals surface area contributed by atoms with Crippen molar-refractivity contribution in [1.82, 2.24) is 5.32 Å². The van der Waals surface area contributed by atoms with Gasteiger partial charge in [0.05, 0.1) is 22.8 Å². The first-order chi connectivity index (χ1) is 12.0. The molecular weight excluding hydrogens is 318 g/mol. The zero-order valence-electron chi connectivity index (χ0n) is 13.5. The van der Waals surface area contributed by atoms with Crippen LogP contribution < -0.4 is 10.6 Å². The van der Waals surface area contributed by atoms with Gasteiger partial charge >= 0.3 is 0 Å². The van der Waals surface area contributed by atoms with Gasteiger partial charge in [-0.2, -0.15) is 0 Å². The fourth-order valence-corrected chi connectivity index (χ4v) is 2.33. The molecule has 126 valence electrons. The van der Waals surface area contributed by atoms with E-state index in [1.807, 2.05) is 0 Å². The van der Waals surface area contributed by atoms with Gasteiger partial charge in [-0.3, -0.25) is 4.79 Å². The van der Waals surface area contributed by atoms with Crippen LogP contribution in [0.25, 0.3) is 0 Å². The second-order valence-electron chi connectivity index (χ2n) is 5.42. The van der Waals surface area contributed by atoms with E-state index in [1.54, 1.807) is 49.5 Å². The van der Waals surface area contributed by atoms with Crippen LogP contribution in [0, 0.1) is 0 Å². The summed E-state index contributed by atoms with van der Waals surface area (Å²) >= 11 is 0. The van der Waals surface area contributed by atoms with Crippen molar-refractivity contribution in [2.75, 3.05) is 12.4 Å². The van der Waals surface area contributed by atoms with E-state index in [2.05, 4.69) is 15.6 Å². The molecule has 0 unspecified atom stereocenters. The van der Waals surface area contributed by atoms with E-state index in [0.717, 1.165) is 0 Å². The highest BCUT2D eigenvalue weighted by Gasteiger charge is 2.18. The zero-order valence-corrected chi connectivity index (χ0v) is 13.5. The predicted octanol–water partition coefficient (Wildman–Crippen LogP) is 2.85. The van der Waals surface area contributed by atoms with Crippen molar-refractivity contribution in [2.24, 2.45) is 4.99 Å². The maximum absolute atomic E-state index is 12.3. The van der Waals surface area contributed by atoms with Crippen LogP contribution in [-0.4, -0.2) is 28.8 Å². The molecule has 0 aliphatic heterocycles. The lowest BCUT2D eigenvalue weighted by Gasteiger charge is -2.16. The van der Waals surface area contributed by atoms with Crippen molar-refractivity contribution in [2.45, 2.75) is 0 Å². The molecule has 0 saturated carbocycles. The Morgan fingerprint density at radius 2 is 1.44 bits per heavy atom. The predicted molar refractivity (Wildman–Crippen MR) is 97.2 cm³/mol. The van der Waals surface area contributed by atoms with Gasteiger partial charge in [-0.25, -0.2) is 4.99 Å². The monoisotopic (exact) mass is 335 g/mol. The van der Waals surface area contributed by atoms with Crippen LogP contribution >= 0.6 is 0 Å². The van der Waals surface area contributed by atoms with E-state index >= 15 is 0 Å². The molecular formula is C19H17N3O3. The number of phenolic OH excluding ortho intramolecular Hbond substituents is 2.